The Balaban J connectivity index is 1.65. The number of benzene rings is 1. The van der Waals surface area contributed by atoms with Crippen molar-refractivity contribution in [2.75, 3.05) is 11.9 Å². The third-order valence-corrected chi connectivity index (χ3v) is 4.52. The predicted octanol–water partition coefficient (Wildman–Crippen LogP) is 2.51. The largest absolute Gasteiger partial charge is 0.326 e. The molecule has 2 saturated carbocycles. The van der Waals surface area contributed by atoms with E-state index in [0.29, 0.717) is 23.1 Å². The van der Waals surface area contributed by atoms with Gasteiger partial charge in [-0.15, -0.1) is 0 Å². The van der Waals surface area contributed by atoms with Crippen LogP contribution in [0.1, 0.15) is 31.2 Å². The minimum absolute atomic E-state index is 0.0343. The lowest BCUT2D eigenvalue weighted by Gasteiger charge is -2.05. The molecule has 3 rings (SSSR count). The molecular formula is C17H19FN2O. The summed E-state index contributed by atoms with van der Waals surface area (Å²) in [7, 11) is 0. The van der Waals surface area contributed by atoms with Crippen molar-refractivity contribution in [2.24, 2.45) is 23.5 Å². The molecular weight excluding hydrogens is 267 g/mol. The smallest absolute Gasteiger partial charge is 0.228 e. The van der Waals surface area contributed by atoms with Gasteiger partial charge in [0.05, 0.1) is 12.1 Å². The van der Waals surface area contributed by atoms with Gasteiger partial charge in [-0.05, 0) is 42.9 Å². The van der Waals surface area contributed by atoms with Crippen molar-refractivity contribution in [1.29, 1.82) is 0 Å². The highest BCUT2D eigenvalue weighted by Crippen LogP contribution is 2.55. The molecule has 2 atom stereocenters. The first-order valence-electron chi connectivity index (χ1n) is 7.50. The van der Waals surface area contributed by atoms with Crippen molar-refractivity contribution in [3.05, 3.63) is 29.6 Å². The Morgan fingerprint density at radius 2 is 2.05 bits per heavy atom. The zero-order valence-corrected chi connectivity index (χ0v) is 11.9. The van der Waals surface area contributed by atoms with E-state index in [-0.39, 0.29) is 18.4 Å². The summed E-state index contributed by atoms with van der Waals surface area (Å²) in [5, 5.41) is 2.83. The lowest BCUT2D eigenvalue weighted by atomic mass is 10.0. The zero-order chi connectivity index (χ0) is 14.8. The monoisotopic (exact) mass is 286 g/mol. The maximum atomic E-state index is 13.8. The standard InChI is InChI=1S/C17H19FN2O/c18-15-10-12(8-7-11(15)4-3-9-19)20-17(21)16-13-5-1-2-6-14(13)16/h7-8,10,13-14,16H,1-2,5-6,9,19H2,(H,20,21). The van der Waals surface area contributed by atoms with Gasteiger partial charge in [0.2, 0.25) is 5.91 Å². The third-order valence-electron chi connectivity index (χ3n) is 4.52. The Morgan fingerprint density at radius 1 is 1.33 bits per heavy atom. The number of amides is 1. The van der Waals surface area contributed by atoms with Crippen LogP contribution in [0.15, 0.2) is 18.2 Å². The van der Waals surface area contributed by atoms with Crippen molar-refractivity contribution in [2.45, 2.75) is 25.7 Å². The van der Waals surface area contributed by atoms with Crippen LogP contribution in [0, 0.1) is 35.4 Å². The number of halogens is 1. The van der Waals surface area contributed by atoms with Crippen molar-refractivity contribution in [3.63, 3.8) is 0 Å². The molecule has 0 bridgehead atoms. The molecule has 2 aliphatic rings. The van der Waals surface area contributed by atoms with Crippen LogP contribution in [0.25, 0.3) is 0 Å². The van der Waals surface area contributed by atoms with Gasteiger partial charge in [-0.1, -0.05) is 24.7 Å². The van der Waals surface area contributed by atoms with Crippen LogP contribution in [0.2, 0.25) is 0 Å². The molecule has 1 amide bonds. The van der Waals surface area contributed by atoms with Gasteiger partial charge in [0, 0.05) is 11.6 Å². The van der Waals surface area contributed by atoms with Gasteiger partial charge in [0.15, 0.2) is 0 Å². The van der Waals surface area contributed by atoms with Gasteiger partial charge in [0.25, 0.3) is 0 Å². The van der Waals surface area contributed by atoms with Crippen molar-refractivity contribution in [1.82, 2.24) is 0 Å². The molecule has 110 valence electrons. The lowest BCUT2D eigenvalue weighted by Crippen LogP contribution is -2.15. The first kappa shape index (κ1) is 14.1. The van der Waals surface area contributed by atoms with Gasteiger partial charge in [-0.3, -0.25) is 4.79 Å². The Hall–Kier alpha value is -1.86. The van der Waals surface area contributed by atoms with E-state index in [1.165, 1.54) is 18.9 Å². The van der Waals surface area contributed by atoms with Gasteiger partial charge < -0.3 is 11.1 Å². The molecule has 0 aromatic heterocycles. The summed E-state index contributed by atoms with van der Waals surface area (Å²) in [6, 6.07) is 4.59. The molecule has 3 N–H and O–H groups in total. The van der Waals surface area contributed by atoms with Crippen LogP contribution in [0.5, 0.6) is 0 Å². The zero-order valence-electron chi connectivity index (χ0n) is 11.9. The fraction of sp³-hybridized carbons (Fsp3) is 0.471. The third kappa shape index (κ3) is 2.93. The van der Waals surface area contributed by atoms with Crippen molar-refractivity contribution < 1.29 is 9.18 Å². The van der Waals surface area contributed by atoms with Crippen LogP contribution < -0.4 is 11.1 Å². The van der Waals surface area contributed by atoms with Crippen LogP contribution in [0.3, 0.4) is 0 Å². The summed E-state index contributed by atoms with van der Waals surface area (Å²) in [4.78, 5) is 12.2. The minimum atomic E-state index is -0.429. The Labute approximate surface area is 124 Å². The highest BCUT2D eigenvalue weighted by atomic mass is 19.1. The molecule has 2 fully saturated rings. The highest BCUT2D eigenvalue weighted by Gasteiger charge is 2.54. The number of hydrogen-bond acceptors (Lipinski definition) is 2. The van der Waals surface area contributed by atoms with Gasteiger partial charge in [-0.2, -0.15) is 0 Å². The number of rotatable bonds is 2. The Morgan fingerprint density at radius 3 is 2.67 bits per heavy atom. The molecule has 2 unspecified atom stereocenters. The molecule has 4 heteroatoms. The SMILES string of the molecule is NCC#Cc1ccc(NC(=O)C2C3CCCCC32)cc1F. The first-order valence-corrected chi connectivity index (χ1v) is 7.50. The van der Waals surface area contributed by atoms with E-state index in [1.807, 2.05) is 0 Å². The number of carbonyl (C=O) groups is 1. The number of anilines is 1. The normalized spacial score (nSPS) is 26.3. The molecule has 0 spiro atoms. The summed E-state index contributed by atoms with van der Waals surface area (Å²) in [6.45, 7) is 0.197. The van der Waals surface area contributed by atoms with Crippen LogP contribution in [-0.4, -0.2) is 12.5 Å². The van der Waals surface area contributed by atoms with Crippen LogP contribution in [0.4, 0.5) is 10.1 Å². The van der Waals surface area contributed by atoms with Crippen LogP contribution in [-0.2, 0) is 4.79 Å². The fourth-order valence-electron chi connectivity index (χ4n) is 3.45. The van der Waals surface area contributed by atoms with E-state index >= 15 is 0 Å². The molecule has 1 aromatic rings. The van der Waals surface area contributed by atoms with E-state index in [9.17, 15) is 9.18 Å². The van der Waals surface area contributed by atoms with E-state index in [1.54, 1.807) is 12.1 Å². The number of nitrogens with one attached hydrogen (secondary N) is 1. The maximum Gasteiger partial charge on any atom is 0.228 e. The fourth-order valence-corrected chi connectivity index (χ4v) is 3.45. The number of fused-ring (bicyclic) bond motifs is 1. The number of hydrogen-bond donors (Lipinski definition) is 2. The van der Waals surface area contributed by atoms with E-state index in [0.717, 1.165) is 12.8 Å². The molecule has 0 heterocycles. The number of nitrogens with two attached hydrogens (primary N) is 1. The average molecular weight is 286 g/mol. The second-order valence-electron chi connectivity index (χ2n) is 5.83. The van der Waals surface area contributed by atoms with Gasteiger partial charge in [-0.25, -0.2) is 4.39 Å². The molecule has 0 radical (unpaired) electrons. The molecule has 0 saturated heterocycles. The first-order chi connectivity index (χ1) is 10.2. The lowest BCUT2D eigenvalue weighted by molar-refractivity contribution is -0.117. The molecule has 2 aliphatic carbocycles. The molecule has 0 aliphatic heterocycles. The highest BCUT2D eigenvalue weighted by molar-refractivity contribution is 5.95. The summed E-state index contributed by atoms with van der Waals surface area (Å²) in [5.41, 5.74) is 6.07. The predicted molar refractivity (Wildman–Crippen MR) is 79.9 cm³/mol. The number of carbonyl (C=O) groups excluding carboxylic acids is 1. The Kier molecular flexibility index (Phi) is 3.94. The summed E-state index contributed by atoms with van der Waals surface area (Å²) in [6.07, 6.45) is 4.78. The summed E-state index contributed by atoms with van der Waals surface area (Å²) in [5.74, 6) is 6.13. The van der Waals surface area contributed by atoms with Crippen molar-refractivity contribution in [3.8, 4) is 11.8 Å². The quantitative estimate of drug-likeness (QED) is 0.821. The molecule has 21 heavy (non-hydrogen) atoms. The van der Waals surface area contributed by atoms with E-state index in [2.05, 4.69) is 17.2 Å². The second-order valence-corrected chi connectivity index (χ2v) is 5.83. The Bertz CT molecular complexity index is 605. The molecule has 1 aromatic carbocycles. The average Bonchev–Trinajstić information content (AvgIpc) is 3.21. The van der Waals surface area contributed by atoms with E-state index < -0.39 is 5.82 Å². The maximum absolute atomic E-state index is 13.8. The van der Waals surface area contributed by atoms with Crippen LogP contribution >= 0.6 is 0 Å². The van der Waals surface area contributed by atoms with Gasteiger partial charge >= 0.3 is 0 Å². The van der Waals surface area contributed by atoms with Gasteiger partial charge in [0.1, 0.15) is 5.82 Å². The van der Waals surface area contributed by atoms with Crippen molar-refractivity contribution >= 4 is 11.6 Å². The second kappa shape index (κ2) is 5.87. The molecule has 3 nitrogen and oxygen atoms in total. The minimum Gasteiger partial charge on any atom is -0.326 e. The topological polar surface area (TPSA) is 55.1 Å². The summed E-state index contributed by atoms with van der Waals surface area (Å²) < 4.78 is 13.8. The van der Waals surface area contributed by atoms with E-state index in [4.69, 9.17) is 5.73 Å². The summed E-state index contributed by atoms with van der Waals surface area (Å²) >= 11 is 0.